The van der Waals surface area contributed by atoms with Crippen LogP contribution in [-0.2, 0) is 17.6 Å². The molecule has 1 aliphatic carbocycles. The average Bonchev–Trinajstić information content (AvgIpc) is 2.90. The Morgan fingerprint density at radius 3 is 2.86 bits per heavy atom. The van der Waals surface area contributed by atoms with E-state index in [2.05, 4.69) is 5.16 Å². The molecule has 0 saturated carbocycles. The molecule has 0 spiro atoms. The van der Waals surface area contributed by atoms with E-state index in [1.165, 1.54) is 4.90 Å². The van der Waals surface area contributed by atoms with Crippen molar-refractivity contribution >= 4 is 11.9 Å². The predicted molar refractivity (Wildman–Crippen MR) is 74.0 cm³/mol. The molecule has 1 aromatic rings. The smallest absolute Gasteiger partial charge is 0.326 e. The summed E-state index contributed by atoms with van der Waals surface area (Å²) in [5.41, 5.74) is 1.21. The van der Waals surface area contributed by atoms with E-state index in [1.54, 1.807) is 0 Å². The molecule has 114 valence electrons. The maximum atomic E-state index is 12.7. The highest BCUT2D eigenvalue weighted by molar-refractivity contribution is 5.96. The monoisotopic (exact) mass is 292 g/mol. The van der Waals surface area contributed by atoms with Crippen molar-refractivity contribution in [3.63, 3.8) is 0 Å². The molecular formula is C15H20N2O4. The number of carbonyl (C=O) groups excluding carboxylic acids is 1. The van der Waals surface area contributed by atoms with E-state index < -0.39 is 12.0 Å². The zero-order valence-electron chi connectivity index (χ0n) is 12.2. The van der Waals surface area contributed by atoms with Crippen LogP contribution in [0.15, 0.2) is 4.52 Å². The third kappa shape index (κ3) is 2.54. The number of hydrogen-bond donors (Lipinski definition) is 1. The Hall–Kier alpha value is -1.85. The van der Waals surface area contributed by atoms with E-state index in [9.17, 15) is 14.7 Å². The van der Waals surface area contributed by atoms with Crippen molar-refractivity contribution in [2.24, 2.45) is 5.92 Å². The van der Waals surface area contributed by atoms with Gasteiger partial charge in [0.25, 0.3) is 5.91 Å². The van der Waals surface area contributed by atoms with Gasteiger partial charge in [0.2, 0.25) is 0 Å². The molecular weight excluding hydrogens is 272 g/mol. The fourth-order valence-corrected chi connectivity index (χ4v) is 3.31. The maximum absolute atomic E-state index is 12.7. The highest BCUT2D eigenvalue weighted by Gasteiger charge is 2.37. The number of carboxylic acids is 1. The van der Waals surface area contributed by atoms with Crippen molar-refractivity contribution < 1.29 is 19.2 Å². The number of piperidine rings is 1. The number of fused-ring (bicyclic) bond motifs is 1. The molecule has 0 aromatic carbocycles. The van der Waals surface area contributed by atoms with E-state index in [-0.39, 0.29) is 5.91 Å². The van der Waals surface area contributed by atoms with Gasteiger partial charge in [0.15, 0.2) is 5.69 Å². The van der Waals surface area contributed by atoms with Gasteiger partial charge in [0.05, 0.1) is 0 Å². The van der Waals surface area contributed by atoms with Crippen molar-refractivity contribution in [2.75, 3.05) is 6.54 Å². The molecule has 1 fully saturated rings. The number of carboxylic acid groups (broad SMARTS) is 1. The normalized spacial score (nSPS) is 25.5. The molecule has 1 aromatic heterocycles. The Labute approximate surface area is 123 Å². The molecule has 2 unspecified atom stereocenters. The van der Waals surface area contributed by atoms with E-state index >= 15 is 0 Å². The van der Waals surface area contributed by atoms with Gasteiger partial charge in [-0.15, -0.1) is 0 Å². The lowest BCUT2D eigenvalue weighted by Crippen LogP contribution is -2.50. The van der Waals surface area contributed by atoms with Gasteiger partial charge in [0.1, 0.15) is 11.8 Å². The number of amides is 1. The molecule has 2 atom stereocenters. The maximum Gasteiger partial charge on any atom is 0.326 e. The summed E-state index contributed by atoms with van der Waals surface area (Å²) >= 11 is 0. The summed E-state index contributed by atoms with van der Waals surface area (Å²) in [6.07, 6.45) is 5.01. The molecule has 2 aliphatic rings. The van der Waals surface area contributed by atoms with Crippen LogP contribution < -0.4 is 0 Å². The molecule has 2 heterocycles. The second-order valence-electron chi connectivity index (χ2n) is 6.12. The molecule has 21 heavy (non-hydrogen) atoms. The van der Waals surface area contributed by atoms with Gasteiger partial charge in [-0.25, -0.2) is 4.79 Å². The lowest BCUT2D eigenvalue weighted by molar-refractivity contribution is -0.144. The summed E-state index contributed by atoms with van der Waals surface area (Å²) in [6.45, 7) is 2.49. The Morgan fingerprint density at radius 1 is 1.33 bits per heavy atom. The first kappa shape index (κ1) is 14.1. The minimum absolute atomic E-state index is 0.291. The number of likely N-dealkylation sites (tertiary alicyclic amines) is 1. The summed E-state index contributed by atoms with van der Waals surface area (Å²) in [6, 6.07) is -0.753. The van der Waals surface area contributed by atoms with Crippen LogP contribution >= 0.6 is 0 Å². The van der Waals surface area contributed by atoms with Crippen molar-refractivity contribution in [1.82, 2.24) is 10.1 Å². The molecule has 1 aliphatic heterocycles. The number of carbonyl (C=O) groups is 2. The van der Waals surface area contributed by atoms with Crippen LogP contribution in [0.2, 0.25) is 0 Å². The van der Waals surface area contributed by atoms with Crippen LogP contribution in [0, 0.1) is 5.92 Å². The van der Waals surface area contributed by atoms with Gasteiger partial charge >= 0.3 is 5.97 Å². The van der Waals surface area contributed by atoms with Crippen molar-refractivity contribution in [3.8, 4) is 0 Å². The first-order chi connectivity index (χ1) is 10.1. The van der Waals surface area contributed by atoms with Gasteiger partial charge in [-0.05, 0) is 38.0 Å². The lowest BCUT2D eigenvalue weighted by Gasteiger charge is -2.35. The van der Waals surface area contributed by atoms with Crippen LogP contribution in [0.4, 0.5) is 0 Å². The second kappa shape index (κ2) is 5.50. The Bertz CT molecular complexity index is 566. The fraction of sp³-hybridized carbons (Fsp3) is 0.667. The largest absolute Gasteiger partial charge is 0.480 e. The minimum atomic E-state index is -0.938. The number of rotatable bonds is 2. The Balaban J connectivity index is 1.87. The summed E-state index contributed by atoms with van der Waals surface area (Å²) in [4.78, 5) is 25.6. The Kier molecular flexibility index (Phi) is 3.69. The number of aromatic nitrogens is 1. The molecule has 6 heteroatoms. The Morgan fingerprint density at radius 2 is 2.10 bits per heavy atom. The minimum Gasteiger partial charge on any atom is -0.480 e. The molecule has 0 bridgehead atoms. The molecule has 1 N–H and O–H groups in total. The van der Waals surface area contributed by atoms with Gasteiger partial charge in [-0.3, -0.25) is 4.79 Å². The van der Waals surface area contributed by atoms with E-state index in [0.29, 0.717) is 24.6 Å². The van der Waals surface area contributed by atoms with Crippen LogP contribution in [0.1, 0.15) is 54.4 Å². The number of aryl methyl sites for hydroxylation is 1. The van der Waals surface area contributed by atoms with Gasteiger partial charge in [-0.1, -0.05) is 12.1 Å². The van der Waals surface area contributed by atoms with Crippen LogP contribution in [0.5, 0.6) is 0 Å². The first-order valence-corrected chi connectivity index (χ1v) is 7.59. The standard InChI is InChI=1S/C15H20N2O4/c1-9-6-7-17(11(8-9)15(19)20)14(18)13-10-4-2-3-5-12(10)21-16-13/h9,11H,2-8H2,1H3,(H,19,20). The fourth-order valence-electron chi connectivity index (χ4n) is 3.31. The highest BCUT2D eigenvalue weighted by atomic mass is 16.5. The topological polar surface area (TPSA) is 83.6 Å². The third-order valence-corrected chi connectivity index (χ3v) is 4.56. The molecule has 3 rings (SSSR count). The van der Waals surface area contributed by atoms with Gasteiger partial charge < -0.3 is 14.5 Å². The SMILES string of the molecule is CC1CCN(C(=O)c2noc3c2CCCC3)C(C(=O)O)C1. The quantitative estimate of drug-likeness (QED) is 0.899. The van der Waals surface area contributed by atoms with Crippen molar-refractivity contribution in [2.45, 2.75) is 51.5 Å². The van der Waals surface area contributed by atoms with E-state index in [1.807, 2.05) is 6.92 Å². The summed E-state index contributed by atoms with van der Waals surface area (Å²) < 4.78 is 5.27. The first-order valence-electron chi connectivity index (χ1n) is 7.59. The highest BCUT2D eigenvalue weighted by Crippen LogP contribution is 2.28. The van der Waals surface area contributed by atoms with Crippen LogP contribution in [0.25, 0.3) is 0 Å². The van der Waals surface area contributed by atoms with Gasteiger partial charge in [-0.2, -0.15) is 0 Å². The average molecular weight is 292 g/mol. The molecule has 1 saturated heterocycles. The zero-order valence-corrected chi connectivity index (χ0v) is 12.2. The van der Waals surface area contributed by atoms with Gasteiger partial charge in [0, 0.05) is 18.5 Å². The second-order valence-corrected chi connectivity index (χ2v) is 6.12. The van der Waals surface area contributed by atoms with E-state index in [4.69, 9.17) is 4.52 Å². The predicted octanol–water partition coefficient (Wildman–Crippen LogP) is 1.88. The van der Waals surface area contributed by atoms with Crippen molar-refractivity contribution in [3.05, 3.63) is 17.0 Å². The molecule has 6 nitrogen and oxygen atoms in total. The number of hydrogen-bond acceptors (Lipinski definition) is 4. The van der Waals surface area contributed by atoms with Crippen molar-refractivity contribution in [1.29, 1.82) is 0 Å². The summed E-state index contributed by atoms with van der Waals surface area (Å²) in [7, 11) is 0. The number of aliphatic carboxylic acids is 1. The summed E-state index contributed by atoms with van der Waals surface area (Å²) in [5.74, 6) is -0.114. The molecule has 0 radical (unpaired) electrons. The van der Waals surface area contributed by atoms with E-state index in [0.717, 1.165) is 43.4 Å². The molecule has 1 amide bonds. The van der Waals surface area contributed by atoms with Crippen LogP contribution in [0.3, 0.4) is 0 Å². The number of nitrogens with zero attached hydrogens (tertiary/aromatic N) is 2. The summed E-state index contributed by atoms with van der Waals surface area (Å²) in [5, 5.41) is 13.3. The lowest BCUT2D eigenvalue weighted by atomic mass is 9.91. The van der Waals surface area contributed by atoms with Crippen LogP contribution in [-0.4, -0.2) is 39.6 Å². The zero-order chi connectivity index (χ0) is 15.0. The third-order valence-electron chi connectivity index (χ3n) is 4.56.